The van der Waals surface area contributed by atoms with Crippen LogP contribution in [0.1, 0.15) is 24.0 Å². The Kier molecular flexibility index (Phi) is 5.65. The maximum Gasteiger partial charge on any atom is 0.140 e. The Labute approximate surface area is 144 Å². The third-order valence-electron chi connectivity index (χ3n) is 4.85. The van der Waals surface area contributed by atoms with Gasteiger partial charge in [0.05, 0.1) is 7.11 Å². The zero-order valence-electron chi connectivity index (χ0n) is 14.3. The van der Waals surface area contributed by atoms with Crippen LogP contribution in [-0.4, -0.2) is 30.9 Å². The molecular formula is C21H25NO2. The van der Waals surface area contributed by atoms with E-state index in [0.717, 1.165) is 43.8 Å². The number of ether oxygens (including phenoxy) is 1. The Hall–Kier alpha value is -2.13. The van der Waals surface area contributed by atoms with Crippen molar-refractivity contribution in [3.63, 3.8) is 0 Å². The summed E-state index contributed by atoms with van der Waals surface area (Å²) in [5.41, 5.74) is 2.34. The fourth-order valence-corrected chi connectivity index (χ4v) is 3.44. The van der Waals surface area contributed by atoms with Crippen LogP contribution in [-0.2, 0) is 17.8 Å². The first kappa shape index (κ1) is 16.7. The van der Waals surface area contributed by atoms with Crippen molar-refractivity contribution in [3.05, 3.63) is 65.7 Å². The molecule has 0 spiro atoms. The normalized spacial score (nSPS) is 16.0. The van der Waals surface area contributed by atoms with Crippen LogP contribution in [0.25, 0.3) is 0 Å². The van der Waals surface area contributed by atoms with Gasteiger partial charge in [-0.25, -0.2) is 0 Å². The quantitative estimate of drug-likeness (QED) is 0.811. The molecule has 0 radical (unpaired) electrons. The van der Waals surface area contributed by atoms with Crippen molar-refractivity contribution in [2.24, 2.45) is 5.92 Å². The molecular weight excluding hydrogens is 298 g/mol. The van der Waals surface area contributed by atoms with Gasteiger partial charge in [-0.3, -0.25) is 9.69 Å². The van der Waals surface area contributed by atoms with Crippen molar-refractivity contribution in [3.8, 4) is 5.75 Å². The molecule has 0 aliphatic carbocycles. The number of Topliss-reactive ketones (excluding diaryl/α,β-unsaturated/α-hetero) is 1. The van der Waals surface area contributed by atoms with Gasteiger partial charge < -0.3 is 4.74 Å². The zero-order valence-corrected chi connectivity index (χ0v) is 14.3. The van der Waals surface area contributed by atoms with Gasteiger partial charge in [0.1, 0.15) is 11.5 Å². The predicted molar refractivity (Wildman–Crippen MR) is 96.1 cm³/mol. The number of hydrogen-bond donors (Lipinski definition) is 0. The molecule has 3 rings (SSSR count). The number of benzene rings is 2. The molecule has 0 N–H and O–H groups in total. The van der Waals surface area contributed by atoms with E-state index in [4.69, 9.17) is 4.74 Å². The van der Waals surface area contributed by atoms with E-state index < -0.39 is 0 Å². The number of piperidine rings is 1. The highest BCUT2D eigenvalue weighted by Gasteiger charge is 2.25. The van der Waals surface area contributed by atoms with Crippen molar-refractivity contribution in [1.82, 2.24) is 4.90 Å². The van der Waals surface area contributed by atoms with E-state index in [0.29, 0.717) is 12.2 Å². The molecule has 1 aliphatic heterocycles. The van der Waals surface area contributed by atoms with Gasteiger partial charge in [-0.1, -0.05) is 48.5 Å². The van der Waals surface area contributed by atoms with E-state index in [9.17, 15) is 4.79 Å². The van der Waals surface area contributed by atoms with Crippen LogP contribution in [0.5, 0.6) is 5.75 Å². The second-order valence-corrected chi connectivity index (χ2v) is 6.49. The first-order valence-electron chi connectivity index (χ1n) is 8.67. The summed E-state index contributed by atoms with van der Waals surface area (Å²) in [5.74, 6) is 1.34. The molecule has 0 unspecified atom stereocenters. The number of para-hydroxylation sites is 1. The Balaban J connectivity index is 1.52. The van der Waals surface area contributed by atoms with Gasteiger partial charge in [-0.15, -0.1) is 0 Å². The van der Waals surface area contributed by atoms with E-state index in [-0.39, 0.29) is 5.92 Å². The molecule has 3 nitrogen and oxygen atoms in total. The highest BCUT2D eigenvalue weighted by molar-refractivity contribution is 5.84. The summed E-state index contributed by atoms with van der Waals surface area (Å²) in [6.45, 7) is 2.97. The smallest absolute Gasteiger partial charge is 0.140 e. The lowest BCUT2D eigenvalue weighted by molar-refractivity contribution is -0.123. The Morgan fingerprint density at radius 3 is 2.42 bits per heavy atom. The zero-order chi connectivity index (χ0) is 16.8. The fraction of sp³-hybridized carbons (Fsp3) is 0.381. The number of ketones is 1. The molecule has 1 saturated heterocycles. The van der Waals surface area contributed by atoms with Crippen LogP contribution < -0.4 is 4.74 Å². The van der Waals surface area contributed by atoms with Crippen LogP contribution in [0.3, 0.4) is 0 Å². The highest BCUT2D eigenvalue weighted by atomic mass is 16.5. The standard InChI is InChI=1S/C21H25NO2/c1-24-21-10-6-5-9-19(21)15-20(23)18-11-13-22(14-12-18)16-17-7-3-2-4-8-17/h2-10,18H,11-16H2,1H3. The molecule has 0 bridgehead atoms. The molecule has 1 aliphatic rings. The van der Waals surface area contributed by atoms with Crippen molar-refractivity contribution in [2.75, 3.05) is 20.2 Å². The summed E-state index contributed by atoms with van der Waals surface area (Å²) < 4.78 is 5.36. The molecule has 1 fully saturated rings. The molecule has 1 heterocycles. The van der Waals surface area contributed by atoms with Gasteiger partial charge in [0.15, 0.2) is 0 Å². The van der Waals surface area contributed by atoms with Gasteiger partial charge >= 0.3 is 0 Å². The average molecular weight is 323 g/mol. The summed E-state index contributed by atoms with van der Waals surface area (Å²) in [4.78, 5) is 15.1. The minimum Gasteiger partial charge on any atom is -0.496 e. The average Bonchev–Trinajstić information content (AvgIpc) is 2.63. The van der Waals surface area contributed by atoms with Gasteiger partial charge in [-0.2, -0.15) is 0 Å². The second-order valence-electron chi connectivity index (χ2n) is 6.49. The molecule has 3 heteroatoms. The maximum atomic E-state index is 12.6. The lowest BCUT2D eigenvalue weighted by atomic mass is 9.89. The topological polar surface area (TPSA) is 29.5 Å². The van der Waals surface area contributed by atoms with E-state index in [1.165, 1.54) is 5.56 Å². The van der Waals surface area contributed by atoms with Gasteiger partial charge in [0.25, 0.3) is 0 Å². The number of rotatable bonds is 6. The fourth-order valence-electron chi connectivity index (χ4n) is 3.44. The minimum atomic E-state index is 0.182. The van der Waals surface area contributed by atoms with Gasteiger partial charge in [0, 0.05) is 24.4 Å². The first-order valence-corrected chi connectivity index (χ1v) is 8.67. The number of methoxy groups -OCH3 is 1. The van der Waals surface area contributed by atoms with Crippen molar-refractivity contribution in [1.29, 1.82) is 0 Å². The van der Waals surface area contributed by atoms with Crippen molar-refractivity contribution >= 4 is 5.78 Å². The predicted octanol–water partition coefficient (Wildman–Crippen LogP) is 3.72. The van der Waals surface area contributed by atoms with Crippen LogP contribution >= 0.6 is 0 Å². The third-order valence-corrected chi connectivity index (χ3v) is 4.85. The Bertz CT molecular complexity index is 661. The lowest BCUT2D eigenvalue weighted by Gasteiger charge is -2.31. The number of hydrogen-bond acceptors (Lipinski definition) is 3. The van der Waals surface area contributed by atoms with Crippen LogP contribution in [0.15, 0.2) is 54.6 Å². The molecule has 0 atom stereocenters. The Morgan fingerprint density at radius 1 is 1.04 bits per heavy atom. The van der Waals surface area contributed by atoms with Crippen molar-refractivity contribution < 1.29 is 9.53 Å². The minimum absolute atomic E-state index is 0.182. The summed E-state index contributed by atoms with van der Waals surface area (Å²) in [6, 6.07) is 18.4. The van der Waals surface area contributed by atoms with Crippen LogP contribution in [0.2, 0.25) is 0 Å². The molecule has 0 amide bonds. The van der Waals surface area contributed by atoms with E-state index >= 15 is 0 Å². The van der Waals surface area contributed by atoms with E-state index in [1.54, 1.807) is 7.11 Å². The largest absolute Gasteiger partial charge is 0.496 e. The SMILES string of the molecule is COc1ccccc1CC(=O)C1CCN(Cc2ccccc2)CC1. The monoisotopic (exact) mass is 323 g/mol. The number of likely N-dealkylation sites (tertiary alicyclic amines) is 1. The highest BCUT2D eigenvalue weighted by Crippen LogP contribution is 2.24. The second kappa shape index (κ2) is 8.11. The maximum absolute atomic E-state index is 12.6. The Morgan fingerprint density at radius 2 is 1.71 bits per heavy atom. The van der Waals surface area contributed by atoms with Crippen molar-refractivity contribution in [2.45, 2.75) is 25.8 Å². The lowest BCUT2D eigenvalue weighted by Crippen LogP contribution is -2.36. The molecule has 0 saturated carbocycles. The van der Waals surface area contributed by atoms with Gasteiger partial charge in [0.2, 0.25) is 0 Å². The third kappa shape index (κ3) is 4.24. The van der Waals surface area contributed by atoms with Crippen LogP contribution in [0.4, 0.5) is 0 Å². The summed E-state index contributed by atoms with van der Waals surface area (Å²) in [6.07, 6.45) is 2.40. The molecule has 24 heavy (non-hydrogen) atoms. The van der Waals surface area contributed by atoms with E-state index in [1.807, 2.05) is 30.3 Å². The van der Waals surface area contributed by atoms with Crippen LogP contribution in [0, 0.1) is 5.92 Å². The summed E-state index contributed by atoms with van der Waals surface area (Å²) >= 11 is 0. The summed E-state index contributed by atoms with van der Waals surface area (Å²) in [7, 11) is 1.66. The molecule has 2 aromatic carbocycles. The first-order chi connectivity index (χ1) is 11.8. The molecule has 126 valence electrons. The molecule has 0 aromatic heterocycles. The summed E-state index contributed by atoms with van der Waals surface area (Å²) in [5, 5.41) is 0. The molecule has 2 aromatic rings. The number of nitrogens with zero attached hydrogens (tertiary/aromatic N) is 1. The van der Waals surface area contributed by atoms with E-state index in [2.05, 4.69) is 29.2 Å². The number of carbonyl (C=O) groups is 1. The van der Waals surface area contributed by atoms with Gasteiger partial charge in [-0.05, 0) is 37.6 Å². The number of carbonyl (C=O) groups excluding carboxylic acids is 1.